The van der Waals surface area contributed by atoms with Crippen LogP contribution in [0.15, 0.2) is 31.0 Å². The molecule has 0 aliphatic carbocycles. The summed E-state index contributed by atoms with van der Waals surface area (Å²) in [5.74, 6) is -0.349. The minimum Gasteiger partial charge on any atom is -0.396 e. The highest BCUT2D eigenvalue weighted by molar-refractivity contribution is 5.36. The number of halogens is 1. The zero-order valence-electron chi connectivity index (χ0n) is 11.2. The van der Waals surface area contributed by atoms with Crippen molar-refractivity contribution < 1.29 is 9.50 Å². The molecule has 1 aliphatic heterocycles. The van der Waals surface area contributed by atoms with Gasteiger partial charge in [0, 0.05) is 38.0 Å². The molecule has 3 N–H and O–H groups in total. The average molecular weight is 290 g/mol. The van der Waals surface area contributed by atoms with Gasteiger partial charge in [-0.1, -0.05) is 0 Å². The van der Waals surface area contributed by atoms with E-state index in [9.17, 15) is 9.50 Å². The zero-order chi connectivity index (χ0) is 14.9. The van der Waals surface area contributed by atoms with E-state index in [-0.39, 0.29) is 12.5 Å². The molecule has 7 nitrogen and oxygen atoms in total. The van der Waals surface area contributed by atoms with Crippen LogP contribution in [-0.4, -0.2) is 44.7 Å². The average Bonchev–Trinajstić information content (AvgIpc) is 2.87. The molecule has 0 bridgehead atoms. The van der Waals surface area contributed by atoms with Crippen LogP contribution >= 0.6 is 0 Å². The van der Waals surface area contributed by atoms with Gasteiger partial charge in [0.05, 0.1) is 29.8 Å². The molecule has 2 atom stereocenters. The first-order valence-corrected chi connectivity index (χ1v) is 6.52. The van der Waals surface area contributed by atoms with Crippen molar-refractivity contribution >= 4 is 5.95 Å². The van der Waals surface area contributed by atoms with E-state index in [0.29, 0.717) is 24.7 Å². The monoisotopic (exact) mass is 290 g/mol. The topological polar surface area (TPSA) is 101 Å². The first kappa shape index (κ1) is 13.8. The maximum Gasteiger partial charge on any atom is 0.225 e. The fourth-order valence-corrected chi connectivity index (χ4v) is 2.61. The molecule has 0 aromatic carbocycles. The Hall–Kier alpha value is -2.19. The molecule has 3 rings (SSSR count). The standard InChI is InChI=1S/C13H15FN6O/c14-10-3-18-12(19-4-10)20-6-9(7-21)13(15,8-20)11-5-16-1-2-17-11/h1-5,9,21H,6-8,15H2. The van der Waals surface area contributed by atoms with Crippen LogP contribution in [0.25, 0.3) is 0 Å². The fourth-order valence-electron chi connectivity index (χ4n) is 2.61. The van der Waals surface area contributed by atoms with Crippen LogP contribution in [-0.2, 0) is 5.54 Å². The molecule has 21 heavy (non-hydrogen) atoms. The van der Waals surface area contributed by atoms with Crippen LogP contribution in [0.1, 0.15) is 5.69 Å². The molecule has 0 amide bonds. The Morgan fingerprint density at radius 3 is 2.67 bits per heavy atom. The number of anilines is 1. The van der Waals surface area contributed by atoms with E-state index >= 15 is 0 Å². The van der Waals surface area contributed by atoms with Gasteiger partial charge in [-0.25, -0.2) is 14.4 Å². The fraction of sp³-hybridized carbons (Fsp3) is 0.385. The first-order valence-electron chi connectivity index (χ1n) is 6.52. The molecule has 8 heteroatoms. The second kappa shape index (κ2) is 5.30. The van der Waals surface area contributed by atoms with Gasteiger partial charge in [0.1, 0.15) is 0 Å². The molecule has 0 spiro atoms. The number of rotatable bonds is 3. The SMILES string of the molecule is NC1(c2cnccn2)CN(c2ncc(F)cn2)CC1CO. The van der Waals surface area contributed by atoms with Crippen molar-refractivity contribution in [2.24, 2.45) is 11.7 Å². The summed E-state index contributed by atoms with van der Waals surface area (Å²) in [5, 5.41) is 9.62. The predicted octanol–water partition coefficient (Wildman–Crippen LogP) is -0.312. The molecule has 0 radical (unpaired) electrons. The molecule has 110 valence electrons. The number of nitrogens with zero attached hydrogens (tertiary/aromatic N) is 5. The van der Waals surface area contributed by atoms with Crippen molar-refractivity contribution in [3.8, 4) is 0 Å². The summed E-state index contributed by atoms with van der Waals surface area (Å²) in [5.41, 5.74) is 6.22. The number of aliphatic hydroxyl groups is 1. The number of aliphatic hydroxyl groups excluding tert-OH is 1. The van der Waals surface area contributed by atoms with E-state index in [4.69, 9.17) is 5.73 Å². The largest absolute Gasteiger partial charge is 0.396 e. The third-order valence-electron chi connectivity index (χ3n) is 3.77. The lowest BCUT2D eigenvalue weighted by Crippen LogP contribution is -2.46. The van der Waals surface area contributed by atoms with E-state index < -0.39 is 11.4 Å². The van der Waals surface area contributed by atoms with E-state index in [0.717, 1.165) is 12.4 Å². The van der Waals surface area contributed by atoms with Gasteiger partial charge in [-0.2, -0.15) is 0 Å². The molecule has 1 fully saturated rings. The number of nitrogens with two attached hydrogens (primary N) is 1. The summed E-state index contributed by atoms with van der Waals surface area (Å²) in [6.45, 7) is 0.753. The summed E-state index contributed by atoms with van der Waals surface area (Å²) in [6.07, 6.45) is 6.94. The van der Waals surface area contributed by atoms with Crippen molar-refractivity contribution in [2.45, 2.75) is 5.54 Å². The highest BCUT2D eigenvalue weighted by Crippen LogP contribution is 2.34. The maximum absolute atomic E-state index is 12.9. The van der Waals surface area contributed by atoms with Gasteiger partial charge >= 0.3 is 0 Å². The summed E-state index contributed by atoms with van der Waals surface area (Å²) in [4.78, 5) is 18.0. The third-order valence-corrected chi connectivity index (χ3v) is 3.77. The second-order valence-corrected chi connectivity index (χ2v) is 5.09. The quantitative estimate of drug-likeness (QED) is 0.799. The van der Waals surface area contributed by atoms with Gasteiger partial charge in [0.2, 0.25) is 5.95 Å². The normalized spacial score (nSPS) is 25.3. The van der Waals surface area contributed by atoms with Crippen molar-refractivity contribution in [3.05, 3.63) is 42.5 Å². The Balaban J connectivity index is 1.91. The van der Waals surface area contributed by atoms with Crippen LogP contribution in [0.4, 0.5) is 10.3 Å². The maximum atomic E-state index is 12.9. The van der Waals surface area contributed by atoms with Gasteiger partial charge in [-0.3, -0.25) is 9.97 Å². The van der Waals surface area contributed by atoms with Gasteiger partial charge < -0.3 is 15.7 Å². The van der Waals surface area contributed by atoms with Crippen LogP contribution < -0.4 is 10.6 Å². The van der Waals surface area contributed by atoms with Crippen molar-refractivity contribution in [2.75, 3.05) is 24.6 Å². The number of hydrogen-bond donors (Lipinski definition) is 2. The highest BCUT2D eigenvalue weighted by Gasteiger charge is 2.46. The van der Waals surface area contributed by atoms with Gasteiger partial charge in [-0.15, -0.1) is 0 Å². The third kappa shape index (κ3) is 2.43. The van der Waals surface area contributed by atoms with Crippen LogP contribution in [0.5, 0.6) is 0 Å². The molecule has 2 unspecified atom stereocenters. The molecule has 2 aromatic heterocycles. The highest BCUT2D eigenvalue weighted by atomic mass is 19.1. The van der Waals surface area contributed by atoms with Crippen LogP contribution in [0, 0.1) is 11.7 Å². The zero-order valence-corrected chi connectivity index (χ0v) is 11.2. The van der Waals surface area contributed by atoms with Crippen LogP contribution in [0.2, 0.25) is 0 Å². The summed E-state index contributed by atoms with van der Waals surface area (Å²) in [7, 11) is 0. The Morgan fingerprint density at radius 1 is 1.29 bits per heavy atom. The van der Waals surface area contributed by atoms with E-state index in [1.807, 2.05) is 4.90 Å². The Kier molecular flexibility index (Phi) is 3.48. The lowest BCUT2D eigenvalue weighted by atomic mass is 9.86. The summed E-state index contributed by atoms with van der Waals surface area (Å²) in [6, 6.07) is 0. The molecular weight excluding hydrogens is 275 g/mol. The van der Waals surface area contributed by atoms with Crippen LogP contribution in [0.3, 0.4) is 0 Å². The lowest BCUT2D eigenvalue weighted by Gasteiger charge is -2.28. The minimum absolute atomic E-state index is 0.0925. The molecule has 1 aliphatic rings. The summed E-state index contributed by atoms with van der Waals surface area (Å²) < 4.78 is 12.9. The van der Waals surface area contributed by atoms with E-state index in [1.165, 1.54) is 0 Å². The molecule has 2 aromatic rings. The number of hydrogen-bond acceptors (Lipinski definition) is 7. The van der Waals surface area contributed by atoms with E-state index in [1.54, 1.807) is 18.6 Å². The number of aromatic nitrogens is 4. The molecule has 1 saturated heterocycles. The van der Waals surface area contributed by atoms with E-state index in [2.05, 4.69) is 19.9 Å². The first-order chi connectivity index (χ1) is 10.1. The summed E-state index contributed by atoms with van der Waals surface area (Å²) >= 11 is 0. The molecule has 3 heterocycles. The smallest absolute Gasteiger partial charge is 0.225 e. The van der Waals surface area contributed by atoms with Gasteiger partial charge in [0.25, 0.3) is 0 Å². The Bertz CT molecular complexity index is 610. The Labute approximate surface area is 120 Å². The van der Waals surface area contributed by atoms with Gasteiger partial charge in [-0.05, 0) is 0 Å². The Morgan fingerprint density at radius 2 is 2.05 bits per heavy atom. The molecule has 0 saturated carbocycles. The van der Waals surface area contributed by atoms with Gasteiger partial charge in [0.15, 0.2) is 5.82 Å². The molecular formula is C13H15FN6O. The lowest BCUT2D eigenvalue weighted by molar-refractivity contribution is 0.184. The minimum atomic E-state index is -0.846. The van der Waals surface area contributed by atoms with Crippen molar-refractivity contribution in [3.63, 3.8) is 0 Å². The van der Waals surface area contributed by atoms with Crippen molar-refractivity contribution in [1.82, 2.24) is 19.9 Å². The predicted molar refractivity (Wildman–Crippen MR) is 72.7 cm³/mol. The second-order valence-electron chi connectivity index (χ2n) is 5.09. The van der Waals surface area contributed by atoms with Crippen molar-refractivity contribution in [1.29, 1.82) is 0 Å².